The molecular formula is C54H59N9O15. The van der Waals surface area contributed by atoms with Crippen molar-refractivity contribution in [1.29, 1.82) is 0 Å². The van der Waals surface area contributed by atoms with Crippen LogP contribution < -0.4 is 35.1 Å². The topological polar surface area (TPSA) is 275 Å². The number of non-ortho nitro benzene ring substituents is 1. The fourth-order valence-corrected chi connectivity index (χ4v) is 9.01. The lowest BCUT2D eigenvalue weighted by Crippen LogP contribution is -2.54. The first-order valence-corrected chi connectivity index (χ1v) is 25.1. The van der Waals surface area contributed by atoms with Crippen molar-refractivity contribution in [2.24, 2.45) is 14.1 Å². The van der Waals surface area contributed by atoms with Crippen LogP contribution in [0.3, 0.4) is 0 Å². The van der Waals surface area contributed by atoms with Crippen molar-refractivity contribution < 1.29 is 66.8 Å². The highest BCUT2D eigenvalue weighted by Crippen LogP contribution is 2.43. The molecule has 0 saturated carbocycles. The zero-order valence-electron chi connectivity index (χ0n) is 43.2. The van der Waals surface area contributed by atoms with E-state index in [1.807, 2.05) is 0 Å². The van der Waals surface area contributed by atoms with Gasteiger partial charge in [-0.15, -0.1) is 0 Å². The van der Waals surface area contributed by atoms with E-state index in [9.17, 15) is 38.9 Å². The normalized spacial score (nSPS) is 16.7. The number of nitrogens with one attached hydrogen (secondary N) is 3. The number of rotatable bonds is 21. The van der Waals surface area contributed by atoms with Gasteiger partial charge in [0.1, 0.15) is 18.1 Å². The van der Waals surface area contributed by atoms with Gasteiger partial charge in [-0.05, 0) is 80.5 Å². The van der Waals surface area contributed by atoms with Gasteiger partial charge in [0.2, 0.25) is 11.7 Å². The lowest BCUT2D eigenvalue weighted by Gasteiger charge is -2.38. The second kappa shape index (κ2) is 25.2. The number of ether oxygens (including phenoxy) is 7. The Hall–Kier alpha value is -9.03. The molecule has 0 aliphatic carbocycles. The smallest absolute Gasteiger partial charge is 0.493 e. The highest BCUT2D eigenvalue weighted by Gasteiger charge is 2.48. The van der Waals surface area contributed by atoms with Crippen LogP contribution in [0.15, 0.2) is 104 Å². The number of nitrogens with zero attached hydrogens (tertiary/aromatic N) is 6. The Morgan fingerprint density at radius 3 is 2.41 bits per heavy atom. The maximum atomic E-state index is 14.3. The van der Waals surface area contributed by atoms with E-state index in [4.69, 9.17) is 33.2 Å². The first-order chi connectivity index (χ1) is 37.6. The van der Waals surface area contributed by atoms with Crippen LogP contribution in [-0.4, -0.2) is 125 Å². The van der Waals surface area contributed by atoms with Crippen molar-refractivity contribution in [3.8, 4) is 28.4 Å². The maximum Gasteiger partial charge on any atom is 0.513 e. The number of methoxy groups -OCH3 is 1. The van der Waals surface area contributed by atoms with E-state index in [0.717, 1.165) is 29.5 Å². The van der Waals surface area contributed by atoms with Gasteiger partial charge in [-0.1, -0.05) is 36.9 Å². The molecule has 24 nitrogen and oxygen atoms in total. The third-order valence-corrected chi connectivity index (χ3v) is 12.8. The molecule has 2 saturated heterocycles. The SMILES string of the molecule is C=CCOC(=O)N1c2cc(OCCCC(=O)Nc3cn(C)c(C(=O)Nc4ccc(-c5cc(C(=O)NCCCOC(=O)Oc6ccc([N+](=O)[O-])cc6)n(C)c5)cc4)n3)c(OC)cc2C(=O)N2CC(=C)C[C@H]2C1OC1CCCCO1. The van der Waals surface area contributed by atoms with Crippen molar-refractivity contribution in [3.05, 3.63) is 131 Å². The molecule has 3 aliphatic rings. The van der Waals surface area contributed by atoms with E-state index >= 15 is 0 Å². The number of anilines is 3. The molecule has 24 heteroatoms. The van der Waals surface area contributed by atoms with Gasteiger partial charge in [0.25, 0.3) is 23.4 Å². The van der Waals surface area contributed by atoms with Crippen LogP contribution in [0.1, 0.15) is 76.4 Å². The standard InChI is InChI=1S/C54H59N9O15/c1-6-22-75-53(68)62-40-29-44(43(72-5)28-39(40)51(67)61-30-33(2)26-42(61)52(62)78-47-12-7-8-23-74-47)73-24-9-11-46(64)57-45-32-60(4)48(58-45)50(66)56-36-15-13-34(14-16-36)35-27-41(59(3)31-35)49(65)55-21-10-25-76-54(69)77-38-19-17-37(18-20-38)63(70)71/h6,13-20,27-29,31-32,42,47,52H,1-2,7-12,21-26,30H2,3-5H3,(H,55,65)(H,56,66)(H,57,64)/t42-,47?,52?/m0/s1. The summed E-state index contributed by atoms with van der Waals surface area (Å²) >= 11 is 0. The number of amides is 5. The Kier molecular flexibility index (Phi) is 17.8. The molecule has 8 rings (SSSR count). The van der Waals surface area contributed by atoms with Gasteiger partial charge in [-0.3, -0.25) is 29.3 Å². The molecular weight excluding hydrogens is 1010 g/mol. The molecule has 5 heterocycles. The molecule has 3 aromatic carbocycles. The van der Waals surface area contributed by atoms with Crippen LogP contribution in [0.2, 0.25) is 0 Å². The van der Waals surface area contributed by atoms with Gasteiger partial charge in [-0.2, -0.15) is 0 Å². The molecule has 3 aliphatic heterocycles. The van der Waals surface area contributed by atoms with Crippen LogP contribution in [0.25, 0.3) is 11.1 Å². The van der Waals surface area contributed by atoms with Gasteiger partial charge >= 0.3 is 12.2 Å². The minimum absolute atomic E-state index is 0.00689. The average Bonchev–Trinajstić information content (AvgIpc) is 4.27. The van der Waals surface area contributed by atoms with Crippen molar-refractivity contribution in [3.63, 3.8) is 0 Å². The molecule has 5 amide bonds. The van der Waals surface area contributed by atoms with Crippen molar-refractivity contribution in [2.45, 2.75) is 63.5 Å². The number of nitro groups is 1. The number of carbonyl (C=O) groups is 6. The van der Waals surface area contributed by atoms with Gasteiger partial charge in [0.05, 0.1) is 42.5 Å². The molecule has 0 radical (unpaired) electrons. The minimum Gasteiger partial charge on any atom is -0.493 e. The molecule has 3 N–H and O–H groups in total. The van der Waals surface area contributed by atoms with Gasteiger partial charge in [0, 0.05) is 82.1 Å². The second-order valence-electron chi connectivity index (χ2n) is 18.4. The summed E-state index contributed by atoms with van der Waals surface area (Å²) in [5.41, 5.74) is 3.38. The van der Waals surface area contributed by atoms with E-state index < -0.39 is 47.5 Å². The van der Waals surface area contributed by atoms with Crippen molar-refractivity contribution in [2.75, 3.05) is 62.2 Å². The van der Waals surface area contributed by atoms with Crippen LogP contribution in [0.5, 0.6) is 17.2 Å². The van der Waals surface area contributed by atoms with E-state index in [1.54, 1.807) is 60.1 Å². The first kappa shape index (κ1) is 55.2. The summed E-state index contributed by atoms with van der Waals surface area (Å²) < 4.78 is 43.0. The average molecular weight is 1070 g/mol. The van der Waals surface area contributed by atoms with Gasteiger partial charge in [0.15, 0.2) is 29.8 Å². The Labute approximate surface area is 447 Å². The number of imidazole rings is 1. The summed E-state index contributed by atoms with van der Waals surface area (Å²) in [5, 5.41) is 19.1. The zero-order chi connectivity index (χ0) is 55.5. The monoisotopic (exact) mass is 1070 g/mol. The molecule has 2 aromatic heterocycles. The lowest BCUT2D eigenvalue weighted by atomic mass is 10.1. The molecule has 2 fully saturated rings. The van der Waals surface area contributed by atoms with Gasteiger partial charge in [-0.25, -0.2) is 19.5 Å². The number of aryl methyl sites for hydroxylation is 2. The van der Waals surface area contributed by atoms with Crippen LogP contribution in [0, 0.1) is 10.1 Å². The van der Waals surface area contributed by atoms with Crippen LogP contribution >= 0.6 is 0 Å². The van der Waals surface area contributed by atoms with E-state index in [-0.39, 0.29) is 103 Å². The van der Waals surface area contributed by atoms with Crippen molar-refractivity contribution >= 4 is 58.8 Å². The number of benzene rings is 3. The fourth-order valence-electron chi connectivity index (χ4n) is 9.01. The summed E-state index contributed by atoms with van der Waals surface area (Å²) in [7, 11) is 4.78. The number of hydrogen-bond donors (Lipinski definition) is 3. The number of hydrogen-bond acceptors (Lipinski definition) is 16. The lowest BCUT2D eigenvalue weighted by molar-refractivity contribution is -0.384. The van der Waals surface area contributed by atoms with E-state index in [2.05, 4.69) is 34.1 Å². The maximum absolute atomic E-state index is 14.3. The summed E-state index contributed by atoms with van der Waals surface area (Å²) in [6.07, 6.45) is 4.66. The molecule has 0 bridgehead atoms. The number of aromatic nitrogens is 3. The first-order valence-electron chi connectivity index (χ1n) is 25.1. The number of nitro benzene ring substituents is 1. The third kappa shape index (κ3) is 13.3. The summed E-state index contributed by atoms with van der Waals surface area (Å²) in [6.45, 7) is 8.67. The molecule has 2 unspecified atom stereocenters. The quantitative estimate of drug-likeness (QED) is 0.0160. The molecule has 0 spiro atoms. The number of carbonyl (C=O) groups excluding carboxylic acids is 6. The van der Waals surface area contributed by atoms with E-state index in [0.29, 0.717) is 37.3 Å². The predicted molar refractivity (Wildman–Crippen MR) is 281 cm³/mol. The van der Waals surface area contributed by atoms with Crippen LogP contribution in [0.4, 0.5) is 32.5 Å². The molecule has 5 aromatic rings. The largest absolute Gasteiger partial charge is 0.513 e. The highest BCUT2D eigenvalue weighted by molar-refractivity contribution is 6.06. The Morgan fingerprint density at radius 1 is 0.910 bits per heavy atom. The molecule has 3 atom stereocenters. The second-order valence-corrected chi connectivity index (χ2v) is 18.4. The molecule has 410 valence electrons. The summed E-state index contributed by atoms with van der Waals surface area (Å²) in [4.78, 5) is 97.3. The number of fused-ring (bicyclic) bond motifs is 2. The van der Waals surface area contributed by atoms with Crippen molar-refractivity contribution in [1.82, 2.24) is 24.3 Å². The minimum atomic E-state index is -0.998. The highest BCUT2D eigenvalue weighted by atomic mass is 16.7. The van der Waals surface area contributed by atoms with Gasteiger partial charge < -0.3 is 63.1 Å². The summed E-state index contributed by atoms with van der Waals surface area (Å²) in [6, 6.07) is 16.1. The Morgan fingerprint density at radius 2 is 1.69 bits per heavy atom. The Balaban J connectivity index is 0.817. The third-order valence-electron chi connectivity index (χ3n) is 12.8. The van der Waals surface area contributed by atoms with Crippen LogP contribution in [-0.2, 0) is 37.8 Å². The fraction of sp³-hybridized carbons (Fsp3) is 0.352. The zero-order valence-corrected chi connectivity index (χ0v) is 43.2. The predicted octanol–water partition coefficient (Wildman–Crippen LogP) is 7.51. The van der Waals surface area contributed by atoms with E-state index in [1.165, 1.54) is 65.2 Å². The molecule has 78 heavy (non-hydrogen) atoms. The summed E-state index contributed by atoms with van der Waals surface area (Å²) in [5.74, 6) is -0.910. The Bertz CT molecular complexity index is 3070.